The molecule has 0 spiro atoms. The summed E-state index contributed by atoms with van der Waals surface area (Å²) < 4.78 is 40.3. The van der Waals surface area contributed by atoms with Crippen molar-refractivity contribution in [2.75, 3.05) is 0 Å². The van der Waals surface area contributed by atoms with Crippen molar-refractivity contribution in [3.05, 3.63) is 35.1 Å². The van der Waals surface area contributed by atoms with Crippen LogP contribution in [0, 0.1) is 35.2 Å². The van der Waals surface area contributed by atoms with Gasteiger partial charge in [0.05, 0.1) is 0 Å². The molecule has 3 rings (SSSR count). The molecule has 1 aromatic rings. The van der Waals surface area contributed by atoms with E-state index in [4.69, 9.17) is 0 Å². The maximum Gasteiger partial charge on any atom is 0.194 e. The highest BCUT2D eigenvalue weighted by Gasteiger charge is 2.26. The number of halogens is 3. The van der Waals surface area contributed by atoms with Gasteiger partial charge in [0.1, 0.15) is 0 Å². The minimum absolute atomic E-state index is 0.179. The lowest BCUT2D eigenvalue weighted by molar-refractivity contribution is 0.222. The minimum Gasteiger partial charge on any atom is -0.204 e. The molecule has 0 heterocycles. The van der Waals surface area contributed by atoms with Crippen LogP contribution in [0.25, 0.3) is 0 Å². The summed E-state index contributed by atoms with van der Waals surface area (Å²) in [4.78, 5) is 0. The molecule has 31 heavy (non-hydrogen) atoms. The van der Waals surface area contributed by atoms with Crippen LogP contribution in [0.5, 0.6) is 0 Å². The van der Waals surface area contributed by atoms with Gasteiger partial charge in [-0.1, -0.05) is 90.4 Å². The lowest BCUT2D eigenvalue weighted by Crippen LogP contribution is -2.18. The predicted octanol–water partition coefficient (Wildman–Crippen LogP) is 9.71. The van der Waals surface area contributed by atoms with Crippen LogP contribution in [0.1, 0.15) is 128 Å². The Morgan fingerprint density at radius 2 is 1.06 bits per heavy atom. The van der Waals surface area contributed by atoms with Crippen molar-refractivity contribution in [2.24, 2.45) is 17.8 Å². The van der Waals surface area contributed by atoms with Gasteiger partial charge in [-0.2, -0.15) is 0 Å². The van der Waals surface area contributed by atoms with Gasteiger partial charge in [0.2, 0.25) is 0 Å². The maximum absolute atomic E-state index is 13.5. The van der Waals surface area contributed by atoms with Gasteiger partial charge in [-0.3, -0.25) is 0 Å². The fourth-order valence-corrected chi connectivity index (χ4v) is 6.09. The van der Waals surface area contributed by atoms with E-state index in [2.05, 4.69) is 6.92 Å². The van der Waals surface area contributed by atoms with Crippen molar-refractivity contribution >= 4 is 0 Å². The fourth-order valence-electron chi connectivity index (χ4n) is 6.09. The van der Waals surface area contributed by atoms with Crippen LogP contribution in [-0.4, -0.2) is 0 Å². The highest BCUT2D eigenvalue weighted by molar-refractivity contribution is 5.23. The summed E-state index contributed by atoms with van der Waals surface area (Å²) in [7, 11) is 0. The van der Waals surface area contributed by atoms with E-state index in [9.17, 15) is 13.2 Å². The Bertz CT molecular complexity index is 617. The van der Waals surface area contributed by atoms with Crippen molar-refractivity contribution in [2.45, 2.75) is 122 Å². The molecular formula is C28H43F3. The summed E-state index contributed by atoms with van der Waals surface area (Å²) >= 11 is 0. The first-order chi connectivity index (χ1) is 15.1. The molecule has 3 heteroatoms. The van der Waals surface area contributed by atoms with Gasteiger partial charge in [0.25, 0.3) is 0 Å². The smallest absolute Gasteiger partial charge is 0.194 e. The second kappa shape index (κ2) is 12.9. The molecule has 2 fully saturated rings. The van der Waals surface area contributed by atoms with Gasteiger partial charge in [-0.15, -0.1) is 0 Å². The van der Waals surface area contributed by atoms with Gasteiger partial charge in [-0.05, 0) is 67.1 Å². The summed E-state index contributed by atoms with van der Waals surface area (Å²) in [6.45, 7) is 2.28. The lowest BCUT2D eigenvalue weighted by Gasteiger charge is -2.32. The van der Waals surface area contributed by atoms with Crippen LogP contribution in [0.2, 0.25) is 0 Å². The summed E-state index contributed by atoms with van der Waals surface area (Å²) in [5.74, 6) is -0.619. The fraction of sp³-hybridized carbons (Fsp3) is 0.786. The first-order valence-electron chi connectivity index (χ1n) is 13.2. The molecule has 0 unspecified atom stereocenters. The first-order valence-corrected chi connectivity index (χ1v) is 13.2. The van der Waals surface area contributed by atoms with Crippen molar-refractivity contribution in [3.8, 4) is 0 Å². The number of unbranched alkanes of at least 4 members (excludes halogenated alkanes) is 5. The topological polar surface area (TPSA) is 0 Å². The van der Waals surface area contributed by atoms with Gasteiger partial charge in [0.15, 0.2) is 17.5 Å². The van der Waals surface area contributed by atoms with Crippen molar-refractivity contribution in [1.29, 1.82) is 0 Å². The molecular weight excluding hydrogens is 393 g/mol. The Morgan fingerprint density at radius 3 is 1.61 bits per heavy atom. The van der Waals surface area contributed by atoms with Crippen molar-refractivity contribution < 1.29 is 13.2 Å². The molecule has 1 aromatic carbocycles. The van der Waals surface area contributed by atoms with E-state index in [1.807, 2.05) is 0 Å². The van der Waals surface area contributed by atoms with Gasteiger partial charge >= 0.3 is 0 Å². The highest BCUT2D eigenvalue weighted by Crippen LogP contribution is 2.40. The number of rotatable bonds is 11. The average molecular weight is 437 g/mol. The van der Waals surface area contributed by atoms with Crippen molar-refractivity contribution in [1.82, 2.24) is 0 Å². The summed E-state index contributed by atoms with van der Waals surface area (Å²) in [5, 5.41) is 0. The third-order valence-corrected chi connectivity index (χ3v) is 8.24. The lowest BCUT2D eigenvalue weighted by atomic mass is 9.74. The van der Waals surface area contributed by atoms with Gasteiger partial charge < -0.3 is 0 Å². The molecule has 2 aliphatic carbocycles. The molecule has 0 nitrogen and oxygen atoms in total. The molecule has 0 aromatic heterocycles. The monoisotopic (exact) mass is 436 g/mol. The van der Waals surface area contributed by atoms with Crippen LogP contribution in [0.4, 0.5) is 13.2 Å². The summed E-state index contributed by atoms with van der Waals surface area (Å²) in [5.41, 5.74) is 0.638. The van der Waals surface area contributed by atoms with E-state index in [1.54, 1.807) is 0 Å². The van der Waals surface area contributed by atoms with E-state index in [-0.39, 0.29) is 5.92 Å². The average Bonchev–Trinajstić information content (AvgIpc) is 2.79. The van der Waals surface area contributed by atoms with E-state index in [1.165, 1.54) is 95.6 Å². The molecule has 176 valence electrons. The zero-order chi connectivity index (χ0) is 22.1. The summed E-state index contributed by atoms with van der Waals surface area (Å²) in [6, 6.07) is 2.40. The zero-order valence-electron chi connectivity index (χ0n) is 19.6. The normalized spacial score (nSPS) is 26.8. The van der Waals surface area contributed by atoms with Crippen LogP contribution in [0.3, 0.4) is 0 Å². The Morgan fingerprint density at radius 1 is 0.613 bits per heavy atom. The Kier molecular flexibility index (Phi) is 10.3. The molecule has 0 aliphatic heterocycles. The Balaban J connectivity index is 1.28. The second-order valence-corrected chi connectivity index (χ2v) is 10.5. The molecule has 0 bridgehead atoms. The van der Waals surface area contributed by atoms with Crippen LogP contribution < -0.4 is 0 Å². The molecule has 0 radical (unpaired) electrons. The molecule has 0 amide bonds. The van der Waals surface area contributed by atoms with E-state index < -0.39 is 17.5 Å². The Labute approximate surface area is 188 Å². The van der Waals surface area contributed by atoms with Gasteiger partial charge in [-0.25, -0.2) is 13.2 Å². The quantitative estimate of drug-likeness (QED) is 0.239. The van der Waals surface area contributed by atoms with E-state index in [0.29, 0.717) is 5.56 Å². The Hall–Kier alpha value is -0.990. The number of hydrogen-bond donors (Lipinski definition) is 0. The first kappa shape index (κ1) is 24.6. The minimum atomic E-state index is -1.35. The molecule has 0 N–H and O–H groups in total. The predicted molar refractivity (Wildman–Crippen MR) is 124 cm³/mol. The number of benzene rings is 1. The summed E-state index contributed by atoms with van der Waals surface area (Å²) in [6.07, 6.45) is 22.5. The molecule has 0 saturated heterocycles. The van der Waals surface area contributed by atoms with Crippen LogP contribution in [0.15, 0.2) is 12.1 Å². The largest absolute Gasteiger partial charge is 0.204 e. The standard InChI is InChI=1S/C28H43F3/c1-2-3-4-5-6-7-8-21-9-11-22(12-10-21)13-14-23-15-17-24(18-16-23)25-19-26(29)28(31)27(30)20-25/h19-24H,2-18H2,1H3/t21-,22-,23-,24-. The SMILES string of the molecule is CCCCCCCC[C@H]1CC[C@H](CC[C@H]2CC[C@H](c3cc(F)c(F)c(F)c3)CC2)CC1. The van der Waals surface area contributed by atoms with Crippen LogP contribution in [-0.2, 0) is 0 Å². The highest BCUT2D eigenvalue weighted by atomic mass is 19.2. The number of hydrogen-bond acceptors (Lipinski definition) is 0. The molecule has 2 saturated carbocycles. The van der Waals surface area contributed by atoms with E-state index >= 15 is 0 Å². The zero-order valence-corrected chi connectivity index (χ0v) is 19.6. The van der Waals surface area contributed by atoms with Gasteiger partial charge in [0, 0.05) is 0 Å². The molecule has 2 aliphatic rings. The third kappa shape index (κ3) is 7.82. The third-order valence-electron chi connectivity index (χ3n) is 8.24. The molecule has 0 atom stereocenters. The van der Waals surface area contributed by atoms with E-state index in [0.717, 1.165) is 43.4 Å². The second-order valence-electron chi connectivity index (χ2n) is 10.5. The van der Waals surface area contributed by atoms with Crippen molar-refractivity contribution in [3.63, 3.8) is 0 Å². The van der Waals surface area contributed by atoms with Crippen LogP contribution >= 0.6 is 0 Å². The maximum atomic E-state index is 13.5.